The van der Waals surface area contributed by atoms with E-state index in [2.05, 4.69) is 241 Å². The summed E-state index contributed by atoms with van der Waals surface area (Å²) in [4.78, 5) is 5.18. The first-order chi connectivity index (χ1) is 29.8. The summed E-state index contributed by atoms with van der Waals surface area (Å²) in [5.41, 5.74) is 24.1. The molecule has 2 nitrogen and oxygen atoms in total. The first-order valence-corrected chi connectivity index (χ1v) is 22.3. The molecule has 11 rings (SSSR count). The van der Waals surface area contributed by atoms with Crippen molar-refractivity contribution in [3.8, 4) is 33.4 Å². The van der Waals surface area contributed by atoms with E-state index in [1.54, 1.807) is 0 Å². The summed E-state index contributed by atoms with van der Waals surface area (Å²) < 4.78 is 0. The van der Waals surface area contributed by atoms with E-state index in [9.17, 15) is 0 Å². The molecule has 8 aromatic carbocycles. The Labute approximate surface area is 368 Å². The SMILES string of the molecule is CC(C)(C)c1ccc2c(c1)N(c1ccc3c(c1)C(C)(C)c1ccccc1-3)c1cc(C(C)(C)C)cc3c1B2c1cc(-c2ccccc2)ccc1N3c1ccc(-c2ccccc2)cc1. The van der Waals surface area contributed by atoms with Crippen LogP contribution < -0.4 is 26.2 Å². The van der Waals surface area contributed by atoms with E-state index in [0.29, 0.717) is 0 Å². The third-order valence-electron chi connectivity index (χ3n) is 14.0. The van der Waals surface area contributed by atoms with Gasteiger partial charge in [-0.2, -0.15) is 0 Å². The molecule has 0 fully saturated rings. The van der Waals surface area contributed by atoms with Gasteiger partial charge in [-0.25, -0.2) is 0 Å². The second kappa shape index (κ2) is 13.7. The highest BCUT2D eigenvalue weighted by Gasteiger charge is 2.45. The van der Waals surface area contributed by atoms with Crippen molar-refractivity contribution in [2.75, 3.05) is 9.80 Å². The second-order valence-corrected chi connectivity index (χ2v) is 20.3. The lowest BCUT2D eigenvalue weighted by molar-refractivity contribution is 0.590. The van der Waals surface area contributed by atoms with Crippen molar-refractivity contribution in [3.63, 3.8) is 0 Å². The van der Waals surface area contributed by atoms with Crippen LogP contribution in [0.4, 0.5) is 34.1 Å². The molecule has 1 aliphatic carbocycles. The van der Waals surface area contributed by atoms with Gasteiger partial charge in [0.15, 0.2) is 0 Å². The first kappa shape index (κ1) is 38.4. The summed E-state index contributed by atoms with van der Waals surface area (Å²) in [5.74, 6) is 0. The summed E-state index contributed by atoms with van der Waals surface area (Å²) in [6, 6.07) is 66.6. The fourth-order valence-electron chi connectivity index (χ4n) is 10.5. The van der Waals surface area contributed by atoms with Crippen LogP contribution in [0, 0.1) is 0 Å². The molecule has 0 saturated carbocycles. The Bertz CT molecular complexity index is 3060. The van der Waals surface area contributed by atoms with Crippen LogP contribution >= 0.6 is 0 Å². The Morgan fingerprint density at radius 1 is 0.387 bits per heavy atom. The molecule has 2 aliphatic heterocycles. The number of rotatable bonds is 4. The van der Waals surface area contributed by atoms with Gasteiger partial charge in [0.05, 0.1) is 0 Å². The van der Waals surface area contributed by atoms with Gasteiger partial charge in [0.2, 0.25) is 0 Å². The van der Waals surface area contributed by atoms with Gasteiger partial charge in [0.1, 0.15) is 0 Å². The van der Waals surface area contributed by atoms with E-state index in [0.717, 1.165) is 5.69 Å². The normalized spacial score (nSPS) is 14.5. The number of fused-ring (bicyclic) bond motifs is 7. The average Bonchev–Trinajstić information content (AvgIpc) is 3.51. The average molecular weight is 801 g/mol. The Morgan fingerprint density at radius 2 is 0.919 bits per heavy atom. The van der Waals surface area contributed by atoms with Crippen molar-refractivity contribution in [3.05, 3.63) is 198 Å². The molecule has 0 amide bonds. The van der Waals surface area contributed by atoms with Gasteiger partial charge in [-0.15, -0.1) is 0 Å². The van der Waals surface area contributed by atoms with E-state index in [1.807, 2.05) is 0 Å². The quantitative estimate of drug-likeness (QED) is 0.164. The lowest BCUT2D eigenvalue weighted by atomic mass is 9.33. The van der Waals surface area contributed by atoms with E-state index in [1.165, 1.54) is 100 Å². The van der Waals surface area contributed by atoms with E-state index in [4.69, 9.17) is 0 Å². The van der Waals surface area contributed by atoms with E-state index >= 15 is 0 Å². The third kappa shape index (κ3) is 5.92. The van der Waals surface area contributed by atoms with Crippen molar-refractivity contribution in [2.45, 2.75) is 71.6 Å². The van der Waals surface area contributed by atoms with Gasteiger partial charge >= 0.3 is 0 Å². The van der Waals surface area contributed by atoms with Crippen molar-refractivity contribution >= 4 is 57.2 Å². The van der Waals surface area contributed by atoms with Crippen LogP contribution in [0.5, 0.6) is 0 Å². The molecule has 0 saturated heterocycles. The second-order valence-electron chi connectivity index (χ2n) is 20.3. The largest absolute Gasteiger partial charge is 0.311 e. The minimum absolute atomic E-state index is 0.0166. The molecule has 3 aliphatic rings. The topological polar surface area (TPSA) is 6.48 Å². The monoisotopic (exact) mass is 800 g/mol. The molecule has 8 aromatic rings. The summed E-state index contributed by atoms with van der Waals surface area (Å²) in [6.07, 6.45) is 0. The van der Waals surface area contributed by atoms with Crippen LogP contribution in [0.25, 0.3) is 33.4 Å². The maximum absolute atomic E-state index is 2.62. The van der Waals surface area contributed by atoms with Crippen molar-refractivity contribution in [1.82, 2.24) is 0 Å². The van der Waals surface area contributed by atoms with Crippen molar-refractivity contribution in [2.24, 2.45) is 0 Å². The molecule has 0 spiro atoms. The molecule has 62 heavy (non-hydrogen) atoms. The number of hydrogen-bond acceptors (Lipinski definition) is 2. The van der Waals surface area contributed by atoms with Crippen LogP contribution in [0.3, 0.4) is 0 Å². The minimum Gasteiger partial charge on any atom is -0.311 e. The van der Waals surface area contributed by atoms with Crippen molar-refractivity contribution in [1.29, 1.82) is 0 Å². The van der Waals surface area contributed by atoms with Crippen LogP contribution in [0.2, 0.25) is 0 Å². The number of anilines is 6. The molecule has 0 N–H and O–H groups in total. The molecule has 2 heterocycles. The number of hydrogen-bond donors (Lipinski definition) is 0. The maximum atomic E-state index is 2.62. The highest BCUT2D eigenvalue weighted by molar-refractivity contribution is 7.00. The molecular weight excluding hydrogens is 747 g/mol. The Morgan fingerprint density at radius 3 is 1.58 bits per heavy atom. The zero-order valence-corrected chi connectivity index (χ0v) is 37.2. The predicted octanol–water partition coefficient (Wildman–Crippen LogP) is 14.0. The van der Waals surface area contributed by atoms with E-state index in [-0.39, 0.29) is 23.0 Å². The highest BCUT2D eigenvalue weighted by atomic mass is 15.2. The molecule has 0 atom stereocenters. The van der Waals surface area contributed by atoms with E-state index < -0.39 is 0 Å². The van der Waals surface area contributed by atoms with Gasteiger partial charge in [-0.1, -0.05) is 183 Å². The molecule has 0 radical (unpaired) electrons. The number of nitrogens with zero attached hydrogens (tertiary/aromatic N) is 2. The lowest BCUT2D eigenvalue weighted by Crippen LogP contribution is -2.61. The molecule has 3 heteroatoms. The standard InChI is InChI=1S/C59H53BN2/c1-57(2,3)42-26-31-50-53(34-42)62(45-29-30-47-46-21-15-16-22-48(46)59(7,8)49(47)37-45)55-36-43(58(4,5)6)35-54-56(55)60(50)51-33-41(39-19-13-10-14-20-39)25-32-52(51)61(54)44-27-23-40(24-28-44)38-17-11-9-12-18-38/h9-37H,1-8H3. The van der Waals surface area contributed by atoms with Gasteiger partial charge < -0.3 is 9.80 Å². The minimum atomic E-state index is -0.126. The summed E-state index contributed by atoms with van der Waals surface area (Å²) in [6.45, 7) is 18.9. The fraction of sp³-hybridized carbons (Fsp3) is 0.186. The highest BCUT2D eigenvalue weighted by Crippen LogP contribution is 2.52. The third-order valence-corrected chi connectivity index (χ3v) is 14.0. The van der Waals surface area contributed by atoms with Crippen LogP contribution in [0.1, 0.15) is 77.6 Å². The first-order valence-electron chi connectivity index (χ1n) is 22.3. The molecular formula is C59H53BN2. The zero-order chi connectivity index (χ0) is 42.7. The Kier molecular flexibility index (Phi) is 8.48. The van der Waals surface area contributed by atoms with Gasteiger partial charge in [0.25, 0.3) is 6.71 Å². The van der Waals surface area contributed by atoms with Crippen LogP contribution in [-0.4, -0.2) is 6.71 Å². The summed E-state index contributed by atoms with van der Waals surface area (Å²) >= 11 is 0. The maximum Gasteiger partial charge on any atom is 0.252 e. The molecule has 0 bridgehead atoms. The summed E-state index contributed by atoms with van der Waals surface area (Å²) in [7, 11) is 0. The van der Waals surface area contributed by atoms with Gasteiger partial charge in [-0.3, -0.25) is 0 Å². The van der Waals surface area contributed by atoms with Crippen LogP contribution in [-0.2, 0) is 16.2 Å². The zero-order valence-electron chi connectivity index (χ0n) is 37.2. The Balaban J connectivity index is 1.21. The summed E-state index contributed by atoms with van der Waals surface area (Å²) in [5, 5.41) is 0. The number of benzene rings is 8. The van der Waals surface area contributed by atoms with Crippen LogP contribution in [0.15, 0.2) is 176 Å². The predicted molar refractivity (Wildman–Crippen MR) is 266 cm³/mol. The molecule has 0 aromatic heterocycles. The smallest absolute Gasteiger partial charge is 0.252 e. The van der Waals surface area contributed by atoms with Gasteiger partial charge in [0, 0.05) is 39.5 Å². The fourth-order valence-corrected chi connectivity index (χ4v) is 10.5. The van der Waals surface area contributed by atoms with Gasteiger partial charge in [-0.05, 0) is 131 Å². The lowest BCUT2D eigenvalue weighted by Gasteiger charge is -2.45. The van der Waals surface area contributed by atoms with Crippen molar-refractivity contribution < 1.29 is 0 Å². The Hall–Kier alpha value is -6.58. The molecule has 0 unspecified atom stereocenters. The molecule has 302 valence electrons.